The molecule has 0 unspecified atom stereocenters. The number of carbonyl (C=O) groups excluding carboxylic acids is 2. The third-order valence-corrected chi connectivity index (χ3v) is 4.43. The number of nitrogens with one attached hydrogen (secondary N) is 2. The number of amidine groups is 1. The summed E-state index contributed by atoms with van der Waals surface area (Å²) in [6.45, 7) is 8.99. The molecule has 0 radical (unpaired) electrons. The molecule has 2 rings (SSSR count). The van der Waals surface area contributed by atoms with Gasteiger partial charge in [-0.3, -0.25) is 9.59 Å². The Labute approximate surface area is 206 Å². The first-order valence-electron chi connectivity index (χ1n) is 10.9. The Morgan fingerprint density at radius 1 is 1.14 bits per heavy atom. The van der Waals surface area contributed by atoms with Gasteiger partial charge in [-0.2, -0.15) is 4.99 Å². The minimum Gasteiger partial charge on any atom is -0.488 e. The van der Waals surface area contributed by atoms with Gasteiger partial charge in [-0.25, -0.2) is 8.78 Å². The molecule has 0 atom stereocenters. The Bertz CT molecular complexity index is 1160. The summed E-state index contributed by atoms with van der Waals surface area (Å²) < 4.78 is 40.8. The summed E-state index contributed by atoms with van der Waals surface area (Å²) in [6.07, 6.45) is 2.93. The number of benzene rings is 2. The van der Waals surface area contributed by atoms with E-state index in [1.165, 1.54) is 24.4 Å². The second-order valence-electron chi connectivity index (χ2n) is 8.50. The van der Waals surface area contributed by atoms with Gasteiger partial charge in [-0.1, -0.05) is 0 Å². The molecule has 4 N–H and O–H groups in total. The Morgan fingerprint density at radius 3 is 2.29 bits per heavy atom. The molecule has 0 aromatic heterocycles. The van der Waals surface area contributed by atoms with Crippen molar-refractivity contribution in [2.45, 2.75) is 40.2 Å². The van der Waals surface area contributed by atoms with E-state index in [0.29, 0.717) is 11.3 Å². The molecule has 0 aliphatic rings. The van der Waals surface area contributed by atoms with Crippen molar-refractivity contribution in [2.24, 2.45) is 10.7 Å². The van der Waals surface area contributed by atoms with Crippen molar-refractivity contribution in [1.29, 1.82) is 0 Å². The quantitative estimate of drug-likeness (QED) is 0.363. The number of carbonyl (C=O) groups is 2. The fraction of sp³-hybridized carbons (Fsp3) is 0.320. The summed E-state index contributed by atoms with van der Waals surface area (Å²) in [7, 11) is 1.67. The molecular formula is C25H34F2N4O4. The van der Waals surface area contributed by atoms with Crippen LogP contribution in [0.5, 0.6) is 17.2 Å². The van der Waals surface area contributed by atoms with Crippen LogP contribution in [-0.2, 0) is 0 Å². The lowest BCUT2D eigenvalue weighted by atomic mass is 10.1. The van der Waals surface area contributed by atoms with Crippen LogP contribution in [0.15, 0.2) is 41.5 Å². The van der Waals surface area contributed by atoms with Gasteiger partial charge in [-0.15, -0.1) is 0 Å². The maximum atomic E-state index is 14.5. The number of hydrogen-bond acceptors (Lipinski definition) is 5. The Kier molecular flexibility index (Phi) is 8.93. The predicted molar refractivity (Wildman–Crippen MR) is 134 cm³/mol. The fourth-order valence-corrected chi connectivity index (χ4v) is 2.92. The van der Waals surface area contributed by atoms with E-state index in [9.17, 15) is 18.4 Å². The first-order chi connectivity index (χ1) is 16.4. The van der Waals surface area contributed by atoms with E-state index in [1.807, 2.05) is 20.8 Å². The summed E-state index contributed by atoms with van der Waals surface area (Å²) in [5.41, 5.74) is 4.99. The van der Waals surface area contributed by atoms with E-state index in [0.717, 1.165) is 12.1 Å². The molecule has 0 fully saturated rings. The van der Waals surface area contributed by atoms with Crippen molar-refractivity contribution in [3.8, 4) is 17.2 Å². The summed E-state index contributed by atoms with van der Waals surface area (Å²) in [5.74, 6) is -3.53. The zero-order valence-electron chi connectivity index (χ0n) is 20.6. The summed E-state index contributed by atoms with van der Waals surface area (Å²) in [6, 6.07) is 4.65. The van der Waals surface area contributed by atoms with E-state index in [2.05, 4.69) is 15.6 Å². The number of halogens is 2. The van der Waals surface area contributed by atoms with Gasteiger partial charge in [-0.05, 0) is 59.0 Å². The second-order valence-corrected chi connectivity index (χ2v) is 8.50. The van der Waals surface area contributed by atoms with Crippen molar-refractivity contribution < 1.29 is 30.7 Å². The highest BCUT2D eigenvalue weighted by molar-refractivity contribution is 6.06. The van der Waals surface area contributed by atoms with Crippen LogP contribution < -0.4 is 25.8 Å². The van der Waals surface area contributed by atoms with E-state index in [4.69, 9.17) is 15.2 Å². The van der Waals surface area contributed by atoms with Crippen molar-refractivity contribution in [3.05, 3.63) is 64.9 Å². The van der Waals surface area contributed by atoms with Crippen LogP contribution >= 0.6 is 0 Å². The van der Waals surface area contributed by atoms with E-state index >= 15 is 0 Å². The lowest BCUT2D eigenvalue weighted by molar-refractivity contribution is 0.0946. The minimum atomic E-state index is -1.09. The van der Waals surface area contributed by atoms with Gasteiger partial charge in [0.2, 0.25) is 0 Å². The molecule has 192 valence electrons. The molecule has 0 bridgehead atoms. The number of hydrogen-bond donors (Lipinski definition) is 3. The number of nitrogens with two attached hydrogens (primary N) is 1. The Hall–Kier alpha value is -3.95. The molecule has 0 aliphatic carbocycles. The largest absolute Gasteiger partial charge is 0.488 e. The van der Waals surface area contributed by atoms with Gasteiger partial charge in [0.25, 0.3) is 11.8 Å². The second kappa shape index (κ2) is 11.5. The van der Waals surface area contributed by atoms with Gasteiger partial charge in [0, 0.05) is 39.7 Å². The maximum Gasteiger partial charge on any atom is 0.279 e. The summed E-state index contributed by atoms with van der Waals surface area (Å²) >= 11 is 0. The monoisotopic (exact) mass is 492 g/mol. The lowest BCUT2D eigenvalue weighted by Gasteiger charge is -2.24. The molecular weight excluding hydrogens is 458 g/mol. The topological polar surface area (TPSA) is 115 Å². The van der Waals surface area contributed by atoms with Gasteiger partial charge in [0.1, 0.15) is 45.9 Å². The summed E-state index contributed by atoms with van der Waals surface area (Å²) in [4.78, 5) is 28.5. The zero-order chi connectivity index (χ0) is 26.3. The van der Waals surface area contributed by atoms with Crippen LogP contribution in [0, 0.1) is 18.6 Å². The average Bonchev–Trinajstić information content (AvgIpc) is 2.73. The normalized spacial score (nSPS) is 11.9. The van der Waals surface area contributed by atoms with Crippen molar-refractivity contribution in [1.82, 2.24) is 10.6 Å². The summed E-state index contributed by atoms with van der Waals surface area (Å²) in [5, 5.41) is 5.09. The van der Waals surface area contributed by atoms with Crippen LogP contribution in [0.2, 0.25) is 0 Å². The fourth-order valence-electron chi connectivity index (χ4n) is 2.92. The van der Waals surface area contributed by atoms with Crippen LogP contribution in [0.4, 0.5) is 8.78 Å². The third-order valence-electron chi connectivity index (χ3n) is 4.43. The molecule has 2 amide bonds. The SMILES string of the molecule is CCNC(=O)c1c(F)cc(Oc2cc(C(=O)N=C(N)/C=C\NC)cc(OC(C)(C)C)c2C)cc1F.[HH].[HH]. The molecule has 0 aliphatic heterocycles. The first-order valence-corrected chi connectivity index (χ1v) is 10.9. The first kappa shape index (κ1) is 27.3. The average molecular weight is 493 g/mol. The molecule has 10 heteroatoms. The molecule has 8 nitrogen and oxygen atoms in total. The van der Waals surface area contributed by atoms with Gasteiger partial charge in [0.15, 0.2) is 0 Å². The van der Waals surface area contributed by atoms with Crippen LogP contribution in [-0.4, -0.2) is 36.8 Å². The van der Waals surface area contributed by atoms with E-state index < -0.39 is 34.6 Å². The zero-order valence-corrected chi connectivity index (χ0v) is 20.6. The highest BCUT2D eigenvalue weighted by atomic mass is 19.1. The third kappa shape index (κ3) is 7.53. The number of rotatable bonds is 8. The van der Waals surface area contributed by atoms with Crippen LogP contribution in [0.25, 0.3) is 0 Å². The molecule has 35 heavy (non-hydrogen) atoms. The van der Waals surface area contributed by atoms with Crippen molar-refractivity contribution >= 4 is 17.6 Å². The molecule has 0 spiro atoms. The van der Waals surface area contributed by atoms with Crippen LogP contribution in [0.3, 0.4) is 0 Å². The van der Waals surface area contributed by atoms with Crippen LogP contribution in [0.1, 0.15) is 56.8 Å². The molecule has 0 saturated heterocycles. The number of aliphatic imine (C=N–C) groups is 1. The molecule has 2 aromatic rings. The molecule has 0 saturated carbocycles. The maximum absolute atomic E-state index is 14.5. The highest BCUT2D eigenvalue weighted by Gasteiger charge is 2.22. The molecule has 0 heterocycles. The van der Waals surface area contributed by atoms with E-state index in [1.54, 1.807) is 20.9 Å². The Morgan fingerprint density at radius 2 is 1.74 bits per heavy atom. The minimum absolute atomic E-state index is 0. The number of ether oxygens (including phenoxy) is 2. The highest BCUT2D eigenvalue weighted by Crippen LogP contribution is 2.36. The number of amides is 2. The van der Waals surface area contributed by atoms with Crippen molar-refractivity contribution in [2.75, 3.05) is 13.6 Å². The Balaban J connectivity index is 0.00000648. The number of nitrogens with zero attached hydrogens (tertiary/aromatic N) is 1. The van der Waals surface area contributed by atoms with Crippen molar-refractivity contribution in [3.63, 3.8) is 0 Å². The van der Waals surface area contributed by atoms with Gasteiger partial charge < -0.3 is 25.8 Å². The lowest BCUT2D eigenvalue weighted by Crippen LogP contribution is -2.25. The standard InChI is InChI=1S/C25H30F2N4O4.2H2/c1-7-30-24(33)22-17(26)12-16(13-18(22)27)34-19-10-15(23(32)31-21(28)8-9-29-6)11-20(14(19)2)35-25(3,4)5;;/h8-13,29H,7H2,1-6H3,(H,30,33)(H2,28,31,32);2*1H/b9-8-;;. The van der Waals surface area contributed by atoms with Gasteiger partial charge in [0.05, 0.1) is 0 Å². The molecule has 2 aromatic carbocycles. The van der Waals surface area contributed by atoms with Gasteiger partial charge >= 0.3 is 0 Å². The van der Waals surface area contributed by atoms with E-state index in [-0.39, 0.29) is 32.3 Å². The predicted octanol–water partition coefficient (Wildman–Crippen LogP) is 4.72. The smallest absolute Gasteiger partial charge is 0.279 e.